The van der Waals surface area contributed by atoms with E-state index in [-0.39, 0.29) is 5.19 Å². The highest BCUT2D eigenvalue weighted by molar-refractivity contribution is 7.21. The second-order valence-electron chi connectivity index (χ2n) is 6.74. The Labute approximate surface area is 183 Å². The summed E-state index contributed by atoms with van der Waals surface area (Å²) in [7, 11) is 1.60. The number of anilines is 1. The second-order valence-corrected chi connectivity index (χ2v) is 8.13. The van der Waals surface area contributed by atoms with Crippen molar-refractivity contribution in [3.63, 3.8) is 0 Å². The minimum Gasteiger partial charge on any atom is -0.494 e. The summed E-state index contributed by atoms with van der Waals surface area (Å²) in [4.78, 5) is 19.0. The van der Waals surface area contributed by atoms with Gasteiger partial charge in [-0.15, -0.1) is 0 Å². The lowest BCUT2D eigenvalue weighted by Gasteiger charge is -2.29. The summed E-state index contributed by atoms with van der Waals surface area (Å²) in [6.45, 7) is 3.44. The number of aromatic nitrogens is 1. The van der Waals surface area contributed by atoms with Crippen LogP contribution in [0.5, 0.6) is 10.9 Å². The number of thiazole rings is 1. The number of methoxy groups -OCH3 is 1. The number of nitrogens with one attached hydrogen (secondary N) is 1. The van der Waals surface area contributed by atoms with E-state index in [2.05, 4.69) is 15.2 Å². The summed E-state index contributed by atoms with van der Waals surface area (Å²) in [6, 6.07) is 11.4. The third kappa shape index (κ3) is 4.77. The first-order valence-corrected chi connectivity index (χ1v) is 10.8. The normalized spacial score (nSPS) is 14.0. The van der Waals surface area contributed by atoms with Crippen LogP contribution in [-0.4, -0.2) is 51.0 Å². The predicted molar refractivity (Wildman–Crippen MR) is 118 cm³/mol. The maximum Gasteiger partial charge on any atom is 0.414 e. The van der Waals surface area contributed by atoms with Crippen LogP contribution in [0, 0.1) is 0 Å². The molecule has 0 spiro atoms. The van der Waals surface area contributed by atoms with Crippen molar-refractivity contribution in [3.05, 3.63) is 47.0 Å². The van der Waals surface area contributed by atoms with E-state index in [1.165, 1.54) is 11.3 Å². The van der Waals surface area contributed by atoms with Crippen LogP contribution in [0.4, 0.5) is 10.5 Å². The van der Waals surface area contributed by atoms with Crippen molar-refractivity contribution in [2.45, 2.75) is 6.42 Å². The number of benzene rings is 2. The van der Waals surface area contributed by atoms with Gasteiger partial charge in [0, 0.05) is 24.7 Å². The molecule has 9 heteroatoms. The lowest BCUT2D eigenvalue weighted by Crippen LogP contribution is -2.36. The quantitative estimate of drug-likeness (QED) is 0.612. The number of hydrogen-bond acceptors (Lipinski definition) is 7. The van der Waals surface area contributed by atoms with Gasteiger partial charge in [-0.3, -0.25) is 0 Å². The fourth-order valence-corrected chi connectivity index (χ4v) is 4.39. The number of rotatable bonds is 6. The Kier molecular flexibility index (Phi) is 6.56. The maximum absolute atomic E-state index is 12.2. The molecule has 4 rings (SSSR count). The molecule has 1 aliphatic rings. The monoisotopic (exact) mass is 447 g/mol. The van der Waals surface area contributed by atoms with Crippen LogP contribution < -0.4 is 19.7 Å². The molecule has 1 aliphatic heterocycles. The number of morpholine rings is 1. The van der Waals surface area contributed by atoms with Crippen LogP contribution in [-0.2, 0) is 11.2 Å². The molecule has 1 saturated heterocycles. The highest BCUT2D eigenvalue weighted by atomic mass is 35.5. The largest absolute Gasteiger partial charge is 0.494 e. The molecule has 0 atom stereocenters. The number of fused-ring (bicyclic) bond motifs is 1. The van der Waals surface area contributed by atoms with E-state index < -0.39 is 6.09 Å². The van der Waals surface area contributed by atoms with Crippen LogP contribution >= 0.6 is 22.9 Å². The molecule has 2 heterocycles. The molecule has 0 bridgehead atoms. The molecule has 1 fully saturated rings. The number of carbonyl (C=O) groups excluding carboxylic acids is 1. The summed E-state index contributed by atoms with van der Waals surface area (Å²) in [5.74, 6) is 0.649. The highest BCUT2D eigenvalue weighted by Crippen LogP contribution is 2.40. The molecule has 1 aromatic heterocycles. The predicted octanol–water partition coefficient (Wildman–Crippen LogP) is 4.13. The topological polar surface area (TPSA) is 72.9 Å². The number of halogens is 1. The molecule has 2 aromatic carbocycles. The summed E-state index contributed by atoms with van der Waals surface area (Å²) >= 11 is 7.22. The van der Waals surface area contributed by atoms with Gasteiger partial charge in [-0.25, -0.2) is 4.79 Å². The van der Waals surface area contributed by atoms with Crippen molar-refractivity contribution in [2.75, 3.05) is 44.9 Å². The van der Waals surface area contributed by atoms with Crippen molar-refractivity contribution < 1.29 is 19.0 Å². The van der Waals surface area contributed by atoms with Crippen LogP contribution in [0.3, 0.4) is 0 Å². The van der Waals surface area contributed by atoms with E-state index >= 15 is 0 Å². The summed E-state index contributed by atoms with van der Waals surface area (Å²) < 4.78 is 17.3. The van der Waals surface area contributed by atoms with Crippen LogP contribution in [0.1, 0.15) is 5.56 Å². The fraction of sp³-hybridized carbons (Fsp3) is 0.333. The molecular formula is C21H22ClN3O4S. The summed E-state index contributed by atoms with van der Waals surface area (Å²) in [5.41, 5.74) is 2.82. The Hall–Kier alpha value is -2.55. The van der Waals surface area contributed by atoms with Crippen LogP contribution in [0.25, 0.3) is 10.2 Å². The van der Waals surface area contributed by atoms with Gasteiger partial charge in [-0.05, 0) is 36.2 Å². The number of carbonyl (C=O) groups is 1. The van der Waals surface area contributed by atoms with Gasteiger partial charge in [0.15, 0.2) is 0 Å². The molecule has 1 N–H and O–H groups in total. The second kappa shape index (κ2) is 9.51. The molecular weight excluding hydrogens is 426 g/mol. The van der Waals surface area contributed by atoms with Crippen molar-refractivity contribution in [1.82, 2.24) is 10.3 Å². The average molecular weight is 448 g/mol. The van der Waals surface area contributed by atoms with Gasteiger partial charge < -0.3 is 24.4 Å². The third-order valence-electron chi connectivity index (χ3n) is 4.81. The van der Waals surface area contributed by atoms with Gasteiger partial charge >= 0.3 is 6.09 Å². The summed E-state index contributed by atoms with van der Waals surface area (Å²) in [5, 5.41) is 3.73. The number of hydrogen-bond donors (Lipinski definition) is 1. The van der Waals surface area contributed by atoms with Crippen molar-refractivity contribution >= 4 is 44.9 Å². The number of ether oxygens (including phenoxy) is 3. The third-order valence-corrected chi connectivity index (χ3v) is 6.02. The Morgan fingerprint density at radius 2 is 2.00 bits per heavy atom. The van der Waals surface area contributed by atoms with Crippen LogP contribution in [0.2, 0.25) is 5.02 Å². The Bertz CT molecular complexity index is 1020. The van der Waals surface area contributed by atoms with E-state index in [0.717, 1.165) is 29.0 Å². The molecule has 0 saturated carbocycles. The van der Waals surface area contributed by atoms with Gasteiger partial charge in [0.1, 0.15) is 11.3 Å². The first-order valence-electron chi connectivity index (χ1n) is 9.64. The SMILES string of the molecule is COc1ccc(N2CCOCC2)c2sc(OC(=O)NCCc3ccc(Cl)cc3)nc12. The van der Waals surface area contributed by atoms with Gasteiger partial charge in [0.2, 0.25) is 0 Å². The van der Waals surface area contributed by atoms with E-state index in [0.29, 0.717) is 42.5 Å². The number of nitrogens with zero attached hydrogens (tertiary/aromatic N) is 2. The Balaban J connectivity index is 1.44. The summed E-state index contributed by atoms with van der Waals surface area (Å²) in [6.07, 6.45) is 0.149. The van der Waals surface area contributed by atoms with Crippen molar-refractivity contribution in [2.24, 2.45) is 0 Å². The molecule has 3 aromatic rings. The lowest BCUT2D eigenvalue weighted by molar-refractivity contribution is 0.123. The van der Waals surface area contributed by atoms with E-state index in [1.54, 1.807) is 7.11 Å². The van der Waals surface area contributed by atoms with E-state index in [9.17, 15) is 4.79 Å². The molecule has 30 heavy (non-hydrogen) atoms. The van der Waals surface area contributed by atoms with Crippen molar-refractivity contribution in [3.8, 4) is 10.9 Å². The van der Waals surface area contributed by atoms with Gasteiger partial charge in [-0.1, -0.05) is 35.1 Å². The van der Waals surface area contributed by atoms with E-state index in [1.807, 2.05) is 36.4 Å². The first-order chi connectivity index (χ1) is 14.6. The van der Waals surface area contributed by atoms with Gasteiger partial charge in [0.05, 0.1) is 30.7 Å². The molecule has 158 valence electrons. The number of amides is 1. The minimum absolute atomic E-state index is 0.285. The Morgan fingerprint density at radius 3 is 2.73 bits per heavy atom. The smallest absolute Gasteiger partial charge is 0.414 e. The molecule has 0 aliphatic carbocycles. The lowest BCUT2D eigenvalue weighted by atomic mass is 10.1. The van der Waals surface area contributed by atoms with E-state index in [4.69, 9.17) is 25.8 Å². The highest BCUT2D eigenvalue weighted by Gasteiger charge is 2.20. The van der Waals surface area contributed by atoms with Gasteiger partial charge in [0.25, 0.3) is 5.19 Å². The molecule has 1 amide bonds. The van der Waals surface area contributed by atoms with Crippen LogP contribution in [0.15, 0.2) is 36.4 Å². The minimum atomic E-state index is -0.532. The Morgan fingerprint density at radius 1 is 1.23 bits per heavy atom. The fourth-order valence-electron chi connectivity index (χ4n) is 3.29. The average Bonchev–Trinajstić information content (AvgIpc) is 3.18. The van der Waals surface area contributed by atoms with Gasteiger partial charge in [-0.2, -0.15) is 4.98 Å². The maximum atomic E-state index is 12.2. The molecule has 7 nitrogen and oxygen atoms in total. The molecule has 0 radical (unpaired) electrons. The zero-order valence-electron chi connectivity index (χ0n) is 16.5. The van der Waals surface area contributed by atoms with Crippen molar-refractivity contribution in [1.29, 1.82) is 0 Å². The standard InChI is InChI=1S/C21H22ClN3O4S/c1-27-17-7-6-16(25-10-12-28-13-11-25)19-18(17)24-21(30-19)29-20(26)23-9-8-14-2-4-15(22)5-3-14/h2-7H,8-13H2,1H3,(H,23,26). The zero-order valence-corrected chi connectivity index (χ0v) is 18.1. The first kappa shape index (κ1) is 20.7. The zero-order chi connectivity index (χ0) is 20.9. The molecule has 0 unspecified atom stereocenters.